The molecular weight excluding hydrogens is 430 g/mol. The molecule has 0 unspecified atom stereocenters. The Labute approximate surface area is 198 Å². The summed E-state index contributed by atoms with van der Waals surface area (Å²) in [5.74, 6) is 0.937. The lowest BCUT2D eigenvalue weighted by molar-refractivity contribution is 0.159. The highest BCUT2D eigenvalue weighted by molar-refractivity contribution is 6.14. The molecule has 1 fully saturated rings. The molecule has 3 aromatic carbocycles. The third-order valence-corrected chi connectivity index (χ3v) is 6.50. The SMILES string of the molecule is COCCN1C[C@@H](NC(=O)Nc2cccc3oc4cc(OC)ccc4c23)[C@H](c2ccccc2)C1. The van der Waals surface area contributed by atoms with Crippen LogP contribution in [0.1, 0.15) is 11.5 Å². The summed E-state index contributed by atoms with van der Waals surface area (Å²) in [5.41, 5.74) is 3.38. The second-order valence-corrected chi connectivity index (χ2v) is 8.62. The van der Waals surface area contributed by atoms with Crippen LogP contribution in [0.4, 0.5) is 10.5 Å². The van der Waals surface area contributed by atoms with E-state index in [-0.39, 0.29) is 18.0 Å². The summed E-state index contributed by atoms with van der Waals surface area (Å²) in [6.45, 7) is 3.15. The normalized spacial score (nSPS) is 18.4. The highest BCUT2D eigenvalue weighted by Crippen LogP contribution is 2.36. The Hall–Kier alpha value is -3.55. The predicted octanol–water partition coefficient (Wildman–Crippen LogP) is 4.83. The number of nitrogens with one attached hydrogen (secondary N) is 2. The number of hydrogen-bond donors (Lipinski definition) is 2. The van der Waals surface area contributed by atoms with Gasteiger partial charge in [0.15, 0.2) is 0 Å². The van der Waals surface area contributed by atoms with Crippen LogP contribution in [-0.4, -0.2) is 57.4 Å². The third kappa shape index (κ3) is 4.44. The van der Waals surface area contributed by atoms with Gasteiger partial charge in [0.25, 0.3) is 0 Å². The van der Waals surface area contributed by atoms with E-state index in [2.05, 4.69) is 27.7 Å². The van der Waals surface area contributed by atoms with Crippen LogP contribution < -0.4 is 15.4 Å². The molecule has 1 aliphatic rings. The van der Waals surface area contributed by atoms with Crippen LogP contribution in [0.5, 0.6) is 5.75 Å². The van der Waals surface area contributed by atoms with Crippen LogP contribution in [0.15, 0.2) is 71.1 Å². The van der Waals surface area contributed by atoms with Crippen molar-refractivity contribution in [1.82, 2.24) is 10.2 Å². The molecule has 2 N–H and O–H groups in total. The van der Waals surface area contributed by atoms with Crippen LogP contribution in [0.3, 0.4) is 0 Å². The number of anilines is 1. The zero-order valence-electron chi connectivity index (χ0n) is 19.4. The maximum atomic E-state index is 13.2. The molecule has 1 saturated heterocycles. The molecule has 0 bridgehead atoms. The summed E-state index contributed by atoms with van der Waals surface area (Å²) in [7, 11) is 3.34. The molecule has 5 rings (SSSR count). The van der Waals surface area contributed by atoms with Crippen molar-refractivity contribution in [2.24, 2.45) is 0 Å². The van der Waals surface area contributed by atoms with E-state index < -0.39 is 0 Å². The number of amides is 2. The third-order valence-electron chi connectivity index (χ3n) is 6.50. The standard InChI is InChI=1S/C27H29N3O4/c1-32-14-13-30-16-21(18-7-4-3-5-8-18)23(17-30)29-27(31)28-22-9-6-10-24-26(22)20-12-11-19(33-2)15-25(20)34-24/h3-12,15,21,23H,13-14,16-17H2,1-2H3,(H2,28,29,31)/t21-,23+/m0/s1. The van der Waals surface area contributed by atoms with Gasteiger partial charge in [-0.15, -0.1) is 0 Å². The molecule has 2 heterocycles. The first-order valence-electron chi connectivity index (χ1n) is 11.5. The van der Waals surface area contributed by atoms with E-state index in [9.17, 15) is 4.79 Å². The number of carbonyl (C=O) groups is 1. The number of urea groups is 1. The number of hydrogen-bond acceptors (Lipinski definition) is 5. The van der Waals surface area contributed by atoms with Crippen LogP contribution >= 0.6 is 0 Å². The zero-order chi connectivity index (χ0) is 23.5. The molecule has 7 nitrogen and oxygen atoms in total. The first kappa shape index (κ1) is 22.3. The Kier molecular flexibility index (Phi) is 6.38. The van der Waals surface area contributed by atoms with E-state index >= 15 is 0 Å². The minimum Gasteiger partial charge on any atom is -0.497 e. The summed E-state index contributed by atoms with van der Waals surface area (Å²) >= 11 is 0. The summed E-state index contributed by atoms with van der Waals surface area (Å²) < 4.78 is 16.6. The minimum absolute atomic E-state index is 0.0104. The molecule has 2 amide bonds. The van der Waals surface area contributed by atoms with Crippen LogP contribution in [0, 0.1) is 0 Å². The fourth-order valence-electron chi connectivity index (χ4n) is 4.84. The van der Waals surface area contributed by atoms with Crippen molar-refractivity contribution < 1.29 is 18.7 Å². The van der Waals surface area contributed by atoms with E-state index in [0.29, 0.717) is 12.3 Å². The Morgan fingerprint density at radius 3 is 2.68 bits per heavy atom. The molecule has 0 radical (unpaired) electrons. The van der Waals surface area contributed by atoms with E-state index in [1.54, 1.807) is 14.2 Å². The van der Waals surface area contributed by atoms with Gasteiger partial charge in [0, 0.05) is 44.1 Å². The highest BCUT2D eigenvalue weighted by atomic mass is 16.5. The van der Waals surface area contributed by atoms with Gasteiger partial charge in [0.05, 0.1) is 30.8 Å². The lowest BCUT2D eigenvalue weighted by Crippen LogP contribution is -2.42. The molecule has 34 heavy (non-hydrogen) atoms. The fraction of sp³-hybridized carbons (Fsp3) is 0.296. The van der Waals surface area contributed by atoms with Crippen molar-refractivity contribution in [1.29, 1.82) is 0 Å². The van der Waals surface area contributed by atoms with Crippen molar-refractivity contribution in [3.63, 3.8) is 0 Å². The van der Waals surface area contributed by atoms with Gasteiger partial charge in [-0.25, -0.2) is 4.79 Å². The predicted molar refractivity (Wildman–Crippen MR) is 134 cm³/mol. The van der Waals surface area contributed by atoms with Crippen LogP contribution in [0.2, 0.25) is 0 Å². The van der Waals surface area contributed by atoms with Crippen molar-refractivity contribution in [2.45, 2.75) is 12.0 Å². The lowest BCUT2D eigenvalue weighted by Gasteiger charge is -2.20. The maximum Gasteiger partial charge on any atom is 0.319 e. The van der Waals surface area contributed by atoms with Gasteiger partial charge in [-0.2, -0.15) is 0 Å². The molecule has 4 aromatic rings. The van der Waals surface area contributed by atoms with E-state index in [4.69, 9.17) is 13.9 Å². The summed E-state index contributed by atoms with van der Waals surface area (Å²) in [4.78, 5) is 15.5. The van der Waals surface area contributed by atoms with Crippen molar-refractivity contribution in [3.05, 3.63) is 72.3 Å². The van der Waals surface area contributed by atoms with Gasteiger partial charge in [0.1, 0.15) is 16.9 Å². The number of nitrogens with zero attached hydrogens (tertiary/aromatic N) is 1. The van der Waals surface area contributed by atoms with Gasteiger partial charge in [-0.05, 0) is 29.8 Å². The fourth-order valence-corrected chi connectivity index (χ4v) is 4.84. The molecule has 7 heteroatoms. The quantitative estimate of drug-likeness (QED) is 0.414. The average molecular weight is 460 g/mol. The highest BCUT2D eigenvalue weighted by Gasteiger charge is 2.34. The van der Waals surface area contributed by atoms with Gasteiger partial charge in [-0.1, -0.05) is 36.4 Å². The van der Waals surface area contributed by atoms with Crippen molar-refractivity contribution in [2.75, 3.05) is 45.8 Å². The topological polar surface area (TPSA) is 76.0 Å². The average Bonchev–Trinajstić information content (AvgIpc) is 3.44. The summed E-state index contributed by atoms with van der Waals surface area (Å²) in [5, 5.41) is 8.10. The number of benzene rings is 3. The van der Waals surface area contributed by atoms with Crippen molar-refractivity contribution >= 4 is 33.7 Å². The smallest absolute Gasteiger partial charge is 0.319 e. The van der Waals surface area contributed by atoms with E-state index in [1.807, 2.05) is 54.6 Å². The molecule has 0 aliphatic carbocycles. The van der Waals surface area contributed by atoms with Gasteiger partial charge >= 0.3 is 6.03 Å². The Balaban J connectivity index is 1.37. The summed E-state index contributed by atoms with van der Waals surface area (Å²) in [6, 6.07) is 21.5. The van der Waals surface area contributed by atoms with Crippen molar-refractivity contribution in [3.8, 4) is 5.75 Å². The van der Waals surface area contributed by atoms with Crippen LogP contribution in [0.25, 0.3) is 21.9 Å². The van der Waals surface area contributed by atoms with E-state index in [0.717, 1.165) is 47.3 Å². The molecule has 0 spiro atoms. The van der Waals surface area contributed by atoms with Crippen LogP contribution in [-0.2, 0) is 4.74 Å². The Morgan fingerprint density at radius 2 is 1.88 bits per heavy atom. The molecule has 0 saturated carbocycles. The number of methoxy groups -OCH3 is 2. The lowest BCUT2D eigenvalue weighted by atomic mass is 9.94. The number of furan rings is 1. The van der Waals surface area contributed by atoms with Gasteiger partial charge in [-0.3, -0.25) is 4.90 Å². The number of fused-ring (bicyclic) bond motifs is 3. The largest absolute Gasteiger partial charge is 0.497 e. The molecule has 1 aliphatic heterocycles. The van der Waals surface area contributed by atoms with E-state index in [1.165, 1.54) is 5.56 Å². The maximum absolute atomic E-state index is 13.2. The first-order chi connectivity index (χ1) is 16.7. The Bertz CT molecular complexity index is 1290. The summed E-state index contributed by atoms with van der Waals surface area (Å²) in [6.07, 6.45) is 0. The Morgan fingerprint density at radius 1 is 1.03 bits per heavy atom. The number of ether oxygens (including phenoxy) is 2. The van der Waals surface area contributed by atoms with Gasteiger partial charge in [0.2, 0.25) is 0 Å². The molecular formula is C27H29N3O4. The number of carbonyl (C=O) groups excluding carboxylic acids is 1. The number of rotatable bonds is 7. The molecule has 176 valence electrons. The second kappa shape index (κ2) is 9.75. The monoisotopic (exact) mass is 459 g/mol. The van der Waals surface area contributed by atoms with Gasteiger partial charge < -0.3 is 24.5 Å². The molecule has 2 atom stereocenters. The zero-order valence-corrected chi connectivity index (χ0v) is 19.4. The number of likely N-dealkylation sites (tertiary alicyclic amines) is 1. The molecule has 1 aromatic heterocycles. The minimum atomic E-state index is -0.227. The second-order valence-electron chi connectivity index (χ2n) is 8.62. The first-order valence-corrected chi connectivity index (χ1v) is 11.5.